The first-order chi connectivity index (χ1) is 15.9. The number of methoxy groups -OCH3 is 1. The lowest BCUT2D eigenvalue weighted by molar-refractivity contribution is -0.123. The van der Waals surface area contributed by atoms with E-state index >= 15 is 0 Å². The minimum Gasteiger partial charge on any atom is -0.493 e. The van der Waals surface area contributed by atoms with Crippen LogP contribution in [0.25, 0.3) is 0 Å². The molecule has 0 saturated heterocycles. The SMILES string of the molecule is COc1cc(/C=N\NC(=O)COc2c(C)cccc2C)ccc1OC(=O)c1ccccc1Cl. The van der Waals surface area contributed by atoms with Crippen molar-refractivity contribution < 1.29 is 23.8 Å². The zero-order valence-corrected chi connectivity index (χ0v) is 19.2. The minimum absolute atomic E-state index is 0.163. The van der Waals surface area contributed by atoms with Crippen LogP contribution in [-0.4, -0.2) is 31.8 Å². The minimum atomic E-state index is -0.600. The van der Waals surface area contributed by atoms with Crippen molar-refractivity contribution in [2.45, 2.75) is 13.8 Å². The van der Waals surface area contributed by atoms with Gasteiger partial charge in [0.25, 0.3) is 5.91 Å². The van der Waals surface area contributed by atoms with Crippen LogP contribution >= 0.6 is 11.6 Å². The standard InChI is InChI=1S/C25H23ClN2O5/c1-16-7-6-8-17(2)24(16)32-15-23(29)28-27-14-18-11-12-21(22(13-18)31-3)33-25(30)19-9-4-5-10-20(19)26/h4-14H,15H2,1-3H3,(H,28,29)/b27-14-. The predicted molar refractivity (Wildman–Crippen MR) is 127 cm³/mol. The maximum Gasteiger partial charge on any atom is 0.345 e. The summed E-state index contributed by atoms with van der Waals surface area (Å²) >= 11 is 6.05. The summed E-state index contributed by atoms with van der Waals surface area (Å²) in [6.45, 7) is 3.67. The molecular weight excluding hydrogens is 444 g/mol. The monoisotopic (exact) mass is 466 g/mol. The number of halogens is 1. The second-order valence-corrected chi connectivity index (χ2v) is 7.49. The van der Waals surface area contributed by atoms with Gasteiger partial charge >= 0.3 is 5.97 Å². The maximum absolute atomic E-state index is 12.4. The molecule has 0 saturated carbocycles. The van der Waals surface area contributed by atoms with Gasteiger partial charge in [0.05, 0.1) is 23.9 Å². The number of para-hydroxylation sites is 1. The highest BCUT2D eigenvalue weighted by Gasteiger charge is 2.15. The van der Waals surface area contributed by atoms with Crippen LogP contribution in [0.1, 0.15) is 27.0 Å². The van der Waals surface area contributed by atoms with E-state index in [1.807, 2.05) is 32.0 Å². The fourth-order valence-electron chi connectivity index (χ4n) is 3.01. The van der Waals surface area contributed by atoms with E-state index in [9.17, 15) is 9.59 Å². The lowest BCUT2D eigenvalue weighted by Crippen LogP contribution is -2.25. The Kier molecular flexibility index (Phi) is 8.05. The number of nitrogens with one attached hydrogen (secondary N) is 1. The Morgan fingerprint density at radius 2 is 1.73 bits per heavy atom. The summed E-state index contributed by atoms with van der Waals surface area (Å²) in [5.41, 5.74) is 5.20. The van der Waals surface area contributed by atoms with Crippen molar-refractivity contribution in [3.63, 3.8) is 0 Å². The molecule has 8 heteroatoms. The van der Waals surface area contributed by atoms with Crippen molar-refractivity contribution in [1.29, 1.82) is 0 Å². The molecule has 170 valence electrons. The van der Waals surface area contributed by atoms with Gasteiger partial charge in [-0.05, 0) is 60.9 Å². The molecule has 1 N–H and O–H groups in total. The van der Waals surface area contributed by atoms with Gasteiger partial charge in [0, 0.05) is 0 Å². The van der Waals surface area contributed by atoms with Crippen LogP contribution in [0.5, 0.6) is 17.2 Å². The molecule has 0 aliphatic rings. The van der Waals surface area contributed by atoms with Crippen LogP contribution < -0.4 is 19.6 Å². The van der Waals surface area contributed by atoms with E-state index in [1.165, 1.54) is 13.3 Å². The molecule has 33 heavy (non-hydrogen) atoms. The Morgan fingerprint density at radius 1 is 1.00 bits per heavy atom. The molecule has 0 bridgehead atoms. The first-order valence-corrected chi connectivity index (χ1v) is 10.4. The van der Waals surface area contributed by atoms with Crippen LogP contribution in [0.3, 0.4) is 0 Å². The third-order valence-electron chi connectivity index (χ3n) is 4.64. The highest BCUT2D eigenvalue weighted by atomic mass is 35.5. The summed E-state index contributed by atoms with van der Waals surface area (Å²) in [4.78, 5) is 24.4. The predicted octanol–water partition coefficient (Wildman–Crippen LogP) is 4.71. The van der Waals surface area contributed by atoms with Crippen LogP contribution in [0.2, 0.25) is 5.02 Å². The smallest absolute Gasteiger partial charge is 0.345 e. The van der Waals surface area contributed by atoms with E-state index in [0.717, 1.165) is 11.1 Å². The number of carbonyl (C=O) groups excluding carboxylic acids is 2. The average Bonchev–Trinajstić information content (AvgIpc) is 2.79. The lowest BCUT2D eigenvalue weighted by Gasteiger charge is -2.11. The van der Waals surface area contributed by atoms with Gasteiger partial charge in [-0.2, -0.15) is 5.10 Å². The number of hydrogen-bond donors (Lipinski definition) is 1. The molecule has 3 rings (SSSR count). The number of nitrogens with zero attached hydrogens (tertiary/aromatic N) is 1. The molecule has 0 heterocycles. The number of hydrogen-bond acceptors (Lipinski definition) is 6. The summed E-state index contributed by atoms with van der Waals surface area (Å²) in [6, 6.07) is 17.2. The number of amides is 1. The third-order valence-corrected chi connectivity index (χ3v) is 4.97. The first-order valence-electron chi connectivity index (χ1n) is 10.0. The first kappa shape index (κ1) is 23.8. The summed E-state index contributed by atoms with van der Waals surface area (Å²) in [7, 11) is 1.45. The van der Waals surface area contributed by atoms with Crippen molar-refractivity contribution in [2.75, 3.05) is 13.7 Å². The van der Waals surface area contributed by atoms with E-state index in [1.54, 1.807) is 42.5 Å². The molecule has 0 atom stereocenters. The third kappa shape index (κ3) is 6.33. The largest absolute Gasteiger partial charge is 0.493 e. The summed E-state index contributed by atoms with van der Waals surface area (Å²) in [5.74, 6) is 0.237. The maximum atomic E-state index is 12.4. The van der Waals surface area contributed by atoms with Gasteiger partial charge < -0.3 is 14.2 Å². The van der Waals surface area contributed by atoms with Crippen molar-refractivity contribution >= 4 is 29.7 Å². The Balaban J connectivity index is 1.59. The Bertz CT molecular complexity index is 1170. The molecule has 0 radical (unpaired) electrons. The zero-order chi connectivity index (χ0) is 23.8. The number of rotatable bonds is 8. The van der Waals surface area contributed by atoms with Gasteiger partial charge in [-0.3, -0.25) is 4.79 Å². The van der Waals surface area contributed by atoms with Crippen LogP contribution in [0.4, 0.5) is 0 Å². The number of esters is 1. The fraction of sp³-hybridized carbons (Fsp3) is 0.160. The molecular formula is C25H23ClN2O5. The van der Waals surface area contributed by atoms with Crippen LogP contribution in [0, 0.1) is 13.8 Å². The number of carbonyl (C=O) groups is 2. The molecule has 0 aromatic heterocycles. The lowest BCUT2D eigenvalue weighted by atomic mass is 10.1. The molecule has 3 aromatic rings. The van der Waals surface area contributed by atoms with E-state index in [0.29, 0.717) is 22.1 Å². The van der Waals surface area contributed by atoms with E-state index in [2.05, 4.69) is 10.5 Å². The Labute approximate surface area is 196 Å². The quantitative estimate of drug-likeness (QED) is 0.225. The fourth-order valence-corrected chi connectivity index (χ4v) is 3.22. The van der Waals surface area contributed by atoms with E-state index in [4.69, 9.17) is 25.8 Å². The molecule has 0 unspecified atom stereocenters. The second-order valence-electron chi connectivity index (χ2n) is 7.08. The van der Waals surface area contributed by atoms with Gasteiger partial charge in [-0.25, -0.2) is 10.2 Å². The molecule has 0 aliphatic heterocycles. The number of ether oxygens (including phenoxy) is 3. The highest BCUT2D eigenvalue weighted by molar-refractivity contribution is 6.33. The summed E-state index contributed by atoms with van der Waals surface area (Å²) in [5, 5.41) is 4.23. The zero-order valence-electron chi connectivity index (χ0n) is 18.4. The topological polar surface area (TPSA) is 86.2 Å². The van der Waals surface area contributed by atoms with Crippen molar-refractivity contribution in [3.05, 3.63) is 87.9 Å². The number of benzene rings is 3. The number of hydrazone groups is 1. The summed E-state index contributed by atoms with van der Waals surface area (Å²) in [6.07, 6.45) is 1.44. The van der Waals surface area contributed by atoms with Crippen LogP contribution in [-0.2, 0) is 4.79 Å². The molecule has 7 nitrogen and oxygen atoms in total. The van der Waals surface area contributed by atoms with Gasteiger partial charge in [-0.15, -0.1) is 0 Å². The number of aryl methyl sites for hydroxylation is 2. The Hall–Kier alpha value is -3.84. The van der Waals surface area contributed by atoms with Gasteiger partial charge in [0.15, 0.2) is 18.1 Å². The average molecular weight is 467 g/mol. The molecule has 1 amide bonds. The normalized spacial score (nSPS) is 10.7. The highest BCUT2D eigenvalue weighted by Crippen LogP contribution is 2.29. The molecule has 0 aliphatic carbocycles. The molecule has 0 spiro atoms. The Morgan fingerprint density at radius 3 is 2.42 bits per heavy atom. The van der Waals surface area contributed by atoms with E-state index < -0.39 is 11.9 Å². The molecule has 0 fully saturated rings. The summed E-state index contributed by atoms with van der Waals surface area (Å²) < 4.78 is 16.3. The van der Waals surface area contributed by atoms with Gasteiger partial charge in [0.2, 0.25) is 0 Å². The van der Waals surface area contributed by atoms with E-state index in [-0.39, 0.29) is 17.9 Å². The van der Waals surface area contributed by atoms with Crippen molar-refractivity contribution in [2.24, 2.45) is 5.10 Å². The van der Waals surface area contributed by atoms with Crippen LogP contribution in [0.15, 0.2) is 65.8 Å². The second kappa shape index (κ2) is 11.2. The van der Waals surface area contributed by atoms with Crippen molar-refractivity contribution in [3.8, 4) is 17.2 Å². The van der Waals surface area contributed by atoms with Crippen molar-refractivity contribution in [1.82, 2.24) is 5.43 Å². The van der Waals surface area contributed by atoms with Gasteiger partial charge in [-0.1, -0.05) is 41.9 Å². The molecule has 3 aromatic carbocycles. The van der Waals surface area contributed by atoms with Gasteiger partial charge in [0.1, 0.15) is 5.75 Å².